The largest absolute Gasteiger partial charge is 0.459 e. The number of ether oxygens (including phenoxy) is 1. The van der Waals surface area contributed by atoms with E-state index in [-0.39, 0.29) is 12.1 Å². The van der Waals surface area contributed by atoms with E-state index in [1.54, 1.807) is 0 Å². The number of aryl methyl sites for hydroxylation is 1. The fourth-order valence-electron chi connectivity index (χ4n) is 1.78. The van der Waals surface area contributed by atoms with Crippen LogP contribution in [0.5, 0.6) is 0 Å². The van der Waals surface area contributed by atoms with Crippen LogP contribution in [-0.2, 0) is 11.8 Å². The van der Waals surface area contributed by atoms with E-state index in [2.05, 4.69) is 0 Å². The third kappa shape index (κ3) is 1.81. The summed E-state index contributed by atoms with van der Waals surface area (Å²) in [7, 11) is 1.93. The van der Waals surface area contributed by atoms with Crippen molar-refractivity contribution in [2.45, 2.75) is 20.0 Å². The molecule has 1 aromatic carbocycles. The van der Waals surface area contributed by atoms with Gasteiger partial charge in [-0.25, -0.2) is 4.79 Å². The molecule has 1 aromatic heterocycles. The van der Waals surface area contributed by atoms with Gasteiger partial charge < -0.3 is 9.30 Å². The molecule has 3 nitrogen and oxygen atoms in total. The van der Waals surface area contributed by atoms with Crippen LogP contribution < -0.4 is 0 Å². The first-order valence-corrected chi connectivity index (χ1v) is 5.34. The summed E-state index contributed by atoms with van der Waals surface area (Å²) in [4.78, 5) is 11.8. The molecule has 0 fully saturated rings. The molecule has 0 atom stereocenters. The van der Waals surface area contributed by atoms with Crippen LogP contribution in [-0.4, -0.2) is 16.6 Å². The zero-order chi connectivity index (χ0) is 11.7. The number of aromatic nitrogens is 1. The quantitative estimate of drug-likeness (QED) is 0.724. The number of hydrogen-bond donors (Lipinski definition) is 0. The first-order valence-electron chi connectivity index (χ1n) is 5.34. The van der Waals surface area contributed by atoms with Crippen molar-refractivity contribution >= 4 is 16.9 Å². The van der Waals surface area contributed by atoms with Gasteiger partial charge in [-0.2, -0.15) is 0 Å². The molecule has 0 aliphatic carbocycles. The Morgan fingerprint density at radius 1 is 1.31 bits per heavy atom. The molecule has 1 heterocycles. The van der Waals surface area contributed by atoms with Crippen molar-refractivity contribution in [3.8, 4) is 0 Å². The highest BCUT2D eigenvalue weighted by molar-refractivity contribution is 6.04. The van der Waals surface area contributed by atoms with E-state index in [0.717, 1.165) is 10.9 Å². The SMILES string of the molecule is CC(C)OC(=O)c1cn(C)c2ccccc12. The second-order valence-electron chi connectivity index (χ2n) is 4.12. The molecule has 0 N–H and O–H groups in total. The van der Waals surface area contributed by atoms with Gasteiger partial charge in [0.2, 0.25) is 0 Å². The van der Waals surface area contributed by atoms with Crippen LogP contribution in [0.2, 0.25) is 0 Å². The van der Waals surface area contributed by atoms with Crippen LogP contribution in [0.4, 0.5) is 0 Å². The molecule has 0 saturated heterocycles. The number of hydrogen-bond acceptors (Lipinski definition) is 2. The zero-order valence-corrected chi connectivity index (χ0v) is 9.73. The molecule has 0 aliphatic rings. The van der Waals surface area contributed by atoms with E-state index >= 15 is 0 Å². The normalized spacial score (nSPS) is 11.0. The van der Waals surface area contributed by atoms with Crippen molar-refractivity contribution in [1.82, 2.24) is 4.57 Å². The third-order valence-corrected chi connectivity index (χ3v) is 2.46. The molecule has 0 unspecified atom stereocenters. The van der Waals surface area contributed by atoms with Crippen LogP contribution in [0.3, 0.4) is 0 Å². The lowest BCUT2D eigenvalue weighted by Gasteiger charge is -2.06. The predicted octanol–water partition coefficient (Wildman–Crippen LogP) is 2.74. The lowest BCUT2D eigenvalue weighted by atomic mass is 10.2. The summed E-state index contributed by atoms with van der Waals surface area (Å²) in [6.07, 6.45) is 1.72. The summed E-state index contributed by atoms with van der Waals surface area (Å²) >= 11 is 0. The molecule has 2 rings (SSSR count). The number of rotatable bonds is 2. The number of carbonyl (C=O) groups is 1. The van der Waals surface area contributed by atoms with E-state index in [1.807, 2.05) is 55.9 Å². The smallest absolute Gasteiger partial charge is 0.340 e. The molecule has 84 valence electrons. The number of nitrogens with zero attached hydrogens (tertiary/aromatic N) is 1. The Morgan fingerprint density at radius 2 is 2.00 bits per heavy atom. The molecule has 16 heavy (non-hydrogen) atoms. The van der Waals surface area contributed by atoms with Crippen LogP contribution >= 0.6 is 0 Å². The molecule has 3 heteroatoms. The van der Waals surface area contributed by atoms with Gasteiger partial charge in [0.15, 0.2) is 0 Å². The maximum atomic E-state index is 11.8. The fourth-order valence-corrected chi connectivity index (χ4v) is 1.78. The molecule has 2 aromatic rings. The van der Waals surface area contributed by atoms with Crippen molar-refractivity contribution in [2.24, 2.45) is 7.05 Å². The summed E-state index contributed by atoms with van der Waals surface area (Å²) in [6, 6.07) is 7.81. The topological polar surface area (TPSA) is 31.2 Å². The summed E-state index contributed by atoms with van der Waals surface area (Å²) < 4.78 is 7.14. The number of esters is 1. The van der Waals surface area contributed by atoms with E-state index in [4.69, 9.17) is 4.74 Å². The minimum Gasteiger partial charge on any atom is -0.459 e. The number of fused-ring (bicyclic) bond motifs is 1. The molecule has 0 bridgehead atoms. The average molecular weight is 217 g/mol. The number of benzene rings is 1. The summed E-state index contributed by atoms with van der Waals surface area (Å²) in [5.74, 6) is -0.258. The summed E-state index contributed by atoms with van der Waals surface area (Å²) in [5, 5.41) is 0.940. The Morgan fingerprint density at radius 3 is 2.69 bits per heavy atom. The highest BCUT2D eigenvalue weighted by Crippen LogP contribution is 2.21. The first-order chi connectivity index (χ1) is 7.59. The lowest BCUT2D eigenvalue weighted by Crippen LogP contribution is -2.11. The van der Waals surface area contributed by atoms with E-state index in [1.165, 1.54) is 0 Å². The Balaban J connectivity index is 2.49. The Hall–Kier alpha value is -1.77. The highest BCUT2D eigenvalue weighted by Gasteiger charge is 2.15. The van der Waals surface area contributed by atoms with Gasteiger partial charge in [0.1, 0.15) is 0 Å². The summed E-state index contributed by atoms with van der Waals surface area (Å²) in [6.45, 7) is 3.70. The molecule has 0 amide bonds. The molecule has 0 aliphatic heterocycles. The monoisotopic (exact) mass is 217 g/mol. The van der Waals surface area contributed by atoms with Crippen LogP contribution in [0.25, 0.3) is 10.9 Å². The van der Waals surface area contributed by atoms with Crippen molar-refractivity contribution < 1.29 is 9.53 Å². The molecule has 0 saturated carbocycles. The Kier molecular flexibility index (Phi) is 2.69. The molecule has 0 spiro atoms. The van der Waals surface area contributed by atoms with Gasteiger partial charge in [-0.1, -0.05) is 18.2 Å². The maximum absolute atomic E-state index is 11.8. The fraction of sp³-hybridized carbons (Fsp3) is 0.308. The minimum atomic E-state index is -0.258. The van der Waals surface area contributed by atoms with Crippen LogP contribution in [0, 0.1) is 0 Å². The van der Waals surface area contributed by atoms with E-state index in [9.17, 15) is 4.79 Å². The third-order valence-electron chi connectivity index (χ3n) is 2.46. The van der Waals surface area contributed by atoms with Gasteiger partial charge in [-0.3, -0.25) is 0 Å². The second kappa shape index (κ2) is 4.00. The number of para-hydroxylation sites is 1. The van der Waals surface area contributed by atoms with E-state index < -0.39 is 0 Å². The van der Waals surface area contributed by atoms with Gasteiger partial charge in [0.05, 0.1) is 11.7 Å². The van der Waals surface area contributed by atoms with Gasteiger partial charge >= 0.3 is 5.97 Å². The van der Waals surface area contributed by atoms with Crippen LogP contribution in [0.1, 0.15) is 24.2 Å². The first kappa shape index (κ1) is 10.7. The van der Waals surface area contributed by atoms with Crippen molar-refractivity contribution in [3.05, 3.63) is 36.0 Å². The van der Waals surface area contributed by atoms with Crippen molar-refractivity contribution in [2.75, 3.05) is 0 Å². The van der Waals surface area contributed by atoms with Gasteiger partial charge in [0, 0.05) is 24.1 Å². The van der Waals surface area contributed by atoms with Gasteiger partial charge in [0.25, 0.3) is 0 Å². The average Bonchev–Trinajstić information content (AvgIpc) is 2.56. The molecule has 0 radical (unpaired) electrons. The second-order valence-corrected chi connectivity index (χ2v) is 4.12. The summed E-state index contributed by atoms with van der Waals surface area (Å²) in [5.41, 5.74) is 1.67. The minimum absolute atomic E-state index is 0.0912. The van der Waals surface area contributed by atoms with Gasteiger partial charge in [-0.05, 0) is 19.9 Å². The maximum Gasteiger partial charge on any atom is 0.340 e. The zero-order valence-electron chi connectivity index (χ0n) is 9.73. The Labute approximate surface area is 94.6 Å². The molecular formula is C13H15NO2. The lowest BCUT2D eigenvalue weighted by molar-refractivity contribution is 0.0380. The molecular weight excluding hydrogens is 202 g/mol. The number of carbonyl (C=O) groups excluding carboxylic acids is 1. The van der Waals surface area contributed by atoms with Gasteiger partial charge in [-0.15, -0.1) is 0 Å². The van der Waals surface area contributed by atoms with Crippen molar-refractivity contribution in [3.63, 3.8) is 0 Å². The Bertz CT molecular complexity index is 526. The van der Waals surface area contributed by atoms with E-state index in [0.29, 0.717) is 5.56 Å². The predicted molar refractivity (Wildman–Crippen MR) is 63.5 cm³/mol. The van der Waals surface area contributed by atoms with Crippen molar-refractivity contribution in [1.29, 1.82) is 0 Å². The highest BCUT2D eigenvalue weighted by atomic mass is 16.5. The standard InChI is InChI=1S/C13H15NO2/c1-9(2)16-13(15)11-8-14(3)12-7-5-4-6-10(11)12/h4-9H,1-3H3. The van der Waals surface area contributed by atoms with Crippen LogP contribution in [0.15, 0.2) is 30.5 Å².